The summed E-state index contributed by atoms with van der Waals surface area (Å²) in [6, 6.07) is 7.06. The lowest BCUT2D eigenvalue weighted by Gasteiger charge is -2.30. The molecule has 8 heteroatoms. The van der Waals surface area contributed by atoms with Crippen LogP contribution >= 0.6 is 0 Å². The van der Waals surface area contributed by atoms with E-state index in [0.717, 1.165) is 37.7 Å². The van der Waals surface area contributed by atoms with Gasteiger partial charge in [-0.3, -0.25) is 4.79 Å². The van der Waals surface area contributed by atoms with Crippen LogP contribution in [0.25, 0.3) is 0 Å². The van der Waals surface area contributed by atoms with E-state index in [0.29, 0.717) is 0 Å². The van der Waals surface area contributed by atoms with E-state index in [1.54, 1.807) is 12.1 Å². The number of methoxy groups -OCH3 is 1. The molecule has 2 atom stereocenters. The van der Waals surface area contributed by atoms with Crippen molar-refractivity contribution in [3.05, 3.63) is 35.9 Å². The van der Waals surface area contributed by atoms with Gasteiger partial charge in [0.1, 0.15) is 18.7 Å². The molecule has 1 aliphatic rings. The highest BCUT2D eigenvalue weighted by molar-refractivity contribution is 5.89. The topological polar surface area (TPSA) is 114 Å². The number of nitrogens with one attached hydrogen (secondary N) is 2. The van der Waals surface area contributed by atoms with Crippen molar-refractivity contribution in [2.75, 3.05) is 13.7 Å². The fourth-order valence-electron chi connectivity index (χ4n) is 3.32. The Morgan fingerprint density at radius 1 is 1.11 bits per heavy atom. The van der Waals surface area contributed by atoms with Crippen molar-refractivity contribution in [3.63, 3.8) is 0 Å². The van der Waals surface area contributed by atoms with Crippen LogP contribution in [0.5, 0.6) is 0 Å². The van der Waals surface area contributed by atoms with Crippen LogP contribution in [0, 0.1) is 5.92 Å². The molecule has 2 amide bonds. The minimum Gasteiger partial charge on any atom is -0.467 e. The van der Waals surface area contributed by atoms with Gasteiger partial charge in [-0.1, -0.05) is 49.6 Å². The number of esters is 1. The van der Waals surface area contributed by atoms with E-state index in [-0.39, 0.29) is 12.5 Å². The summed E-state index contributed by atoms with van der Waals surface area (Å²) in [6.45, 7) is -0.579. The maximum Gasteiger partial charge on any atom is 0.408 e. The van der Waals surface area contributed by atoms with Crippen LogP contribution in [0.2, 0.25) is 0 Å². The van der Waals surface area contributed by atoms with Crippen LogP contribution in [-0.4, -0.2) is 48.9 Å². The standard InChI is InChI=1S/C20H28N2O6/c1-27-19(25)17(15-10-6-3-7-11-15)22-18(24)16(12-23)21-20(26)28-13-14-8-4-2-5-9-14/h2,4-5,8-9,15-17,23H,3,6-7,10-13H2,1H3,(H,21,26)(H,22,24)/t16-,17+/m0/s1. The van der Waals surface area contributed by atoms with Gasteiger partial charge in [-0.2, -0.15) is 0 Å². The monoisotopic (exact) mass is 392 g/mol. The van der Waals surface area contributed by atoms with Crippen LogP contribution in [0.15, 0.2) is 30.3 Å². The van der Waals surface area contributed by atoms with Gasteiger partial charge < -0.3 is 25.2 Å². The highest BCUT2D eigenvalue weighted by Gasteiger charge is 2.33. The second kappa shape index (κ2) is 11.3. The lowest BCUT2D eigenvalue weighted by molar-refractivity contribution is -0.147. The van der Waals surface area contributed by atoms with Gasteiger partial charge in [-0.05, 0) is 24.3 Å². The number of rotatable bonds is 8. The normalized spacial score (nSPS) is 16.5. The van der Waals surface area contributed by atoms with Crippen molar-refractivity contribution in [3.8, 4) is 0 Å². The van der Waals surface area contributed by atoms with Gasteiger partial charge in [0.25, 0.3) is 0 Å². The van der Waals surface area contributed by atoms with Gasteiger partial charge in [0.05, 0.1) is 13.7 Å². The zero-order chi connectivity index (χ0) is 20.4. The molecule has 154 valence electrons. The molecule has 3 N–H and O–H groups in total. The number of carbonyl (C=O) groups is 3. The second-order valence-electron chi connectivity index (χ2n) is 6.85. The number of hydrogen-bond acceptors (Lipinski definition) is 6. The summed E-state index contributed by atoms with van der Waals surface area (Å²) >= 11 is 0. The Labute approximate surface area is 164 Å². The third-order valence-electron chi connectivity index (χ3n) is 4.88. The van der Waals surface area contributed by atoms with E-state index >= 15 is 0 Å². The smallest absolute Gasteiger partial charge is 0.408 e. The Hall–Kier alpha value is -2.61. The molecule has 0 saturated heterocycles. The number of amides is 2. The van der Waals surface area contributed by atoms with E-state index in [1.807, 2.05) is 18.2 Å². The number of alkyl carbamates (subject to hydrolysis) is 1. The summed E-state index contributed by atoms with van der Waals surface area (Å²) in [5.74, 6) is -1.20. The molecule has 1 saturated carbocycles. The molecule has 0 spiro atoms. The van der Waals surface area contributed by atoms with Crippen LogP contribution in [0.1, 0.15) is 37.7 Å². The van der Waals surface area contributed by atoms with Crippen molar-refractivity contribution >= 4 is 18.0 Å². The van der Waals surface area contributed by atoms with Gasteiger partial charge in [0.15, 0.2) is 0 Å². The van der Waals surface area contributed by atoms with Crippen LogP contribution in [0.3, 0.4) is 0 Å². The third kappa shape index (κ3) is 6.53. The summed E-state index contributed by atoms with van der Waals surface area (Å²) in [6.07, 6.45) is 3.88. The van der Waals surface area contributed by atoms with Crippen molar-refractivity contribution in [2.24, 2.45) is 5.92 Å². The molecule has 1 fully saturated rings. The van der Waals surface area contributed by atoms with Crippen molar-refractivity contribution < 1.29 is 29.0 Å². The molecule has 8 nitrogen and oxygen atoms in total. The zero-order valence-electron chi connectivity index (χ0n) is 16.1. The third-order valence-corrected chi connectivity index (χ3v) is 4.88. The average molecular weight is 392 g/mol. The molecule has 0 radical (unpaired) electrons. The van der Waals surface area contributed by atoms with E-state index in [1.165, 1.54) is 7.11 Å². The van der Waals surface area contributed by atoms with Gasteiger partial charge in [0, 0.05) is 0 Å². The largest absolute Gasteiger partial charge is 0.467 e. The Morgan fingerprint density at radius 3 is 2.39 bits per heavy atom. The van der Waals surface area contributed by atoms with E-state index < -0.39 is 36.7 Å². The summed E-state index contributed by atoms with van der Waals surface area (Å²) in [5, 5.41) is 14.5. The molecular weight excluding hydrogens is 364 g/mol. The first-order valence-electron chi connectivity index (χ1n) is 9.51. The predicted molar refractivity (Wildman–Crippen MR) is 101 cm³/mol. The fraction of sp³-hybridized carbons (Fsp3) is 0.550. The predicted octanol–water partition coefficient (Wildman–Crippen LogP) is 1.51. The lowest BCUT2D eigenvalue weighted by Crippen LogP contribution is -2.55. The maximum atomic E-state index is 12.5. The number of aliphatic hydroxyl groups is 1. The SMILES string of the molecule is COC(=O)[C@H](NC(=O)[C@H](CO)NC(=O)OCc1ccccc1)C1CCCCC1. The zero-order valence-corrected chi connectivity index (χ0v) is 16.1. The first kappa shape index (κ1) is 21.7. The van der Waals surface area contributed by atoms with Crippen molar-refractivity contribution in [1.29, 1.82) is 0 Å². The number of carbonyl (C=O) groups excluding carboxylic acids is 3. The van der Waals surface area contributed by atoms with Crippen LogP contribution in [-0.2, 0) is 25.7 Å². The van der Waals surface area contributed by atoms with E-state index in [4.69, 9.17) is 9.47 Å². The molecule has 0 aromatic heterocycles. The molecule has 0 bridgehead atoms. The molecule has 0 aliphatic heterocycles. The lowest BCUT2D eigenvalue weighted by atomic mass is 9.83. The second-order valence-corrected chi connectivity index (χ2v) is 6.85. The van der Waals surface area contributed by atoms with Crippen LogP contribution < -0.4 is 10.6 Å². The van der Waals surface area contributed by atoms with Crippen molar-refractivity contribution in [2.45, 2.75) is 50.8 Å². The molecule has 1 aromatic rings. The Kier molecular flexibility index (Phi) is 8.74. The highest BCUT2D eigenvalue weighted by Crippen LogP contribution is 2.27. The minimum atomic E-state index is -1.22. The number of hydrogen-bond donors (Lipinski definition) is 3. The summed E-state index contributed by atoms with van der Waals surface area (Å²) in [7, 11) is 1.27. The number of aliphatic hydroxyl groups excluding tert-OH is 1. The summed E-state index contributed by atoms with van der Waals surface area (Å²) in [4.78, 5) is 36.6. The van der Waals surface area contributed by atoms with E-state index in [2.05, 4.69) is 10.6 Å². The van der Waals surface area contributed by atoms with Gasteiger partial charge >= 0.3 is 12.1 Å². The number of benzene rings is 1. The molecule has 2 rings (SSSR count). The first-order chi connectivity index (χ1) is 13.5. The first-order valence-corrected chi connectivity index (χ1v) is 9.51. The fourth-order valence-corrected chi connectivity index (χ4v) is 3.32. The molecule has 1 aromatic carbocycles. The highest BCUT2D eigenvalue weighted by atomic mass is 16.5. The van der Waals surface area contributed by atoms with Crippen LogP contribution in [0.4, 0.5) is 4.79 Å². The molecule has 28 heavy (non-hydrogen) atoms. The summed E-state index contributed by atoms with van der Waals surface area (Å²) in [5.41, 5.74) is 0.797. The Morgan fingerprint density at radius 2 is 1.79 bits per heavy atom. The van der Waals surface area contributed by atoms with E-state index in [9.17, 15) is 19.5 Å². The van der Waals surface area contributed by atoms with Gasteiger partial charge in [0.2, 0.25) is 5.91 Å². The Bertz CT molecular complexity index is 645. The molecular formula is C20H28N2O6. The quantitative estimate of drug-likeness (QED) is 0.578. The molecule has 0 heterocycles. The van der Waals surface area contributed by atoms with Gasteiger partial charge in [-0.15, -0.1) is 0 Å². The molecule has 1 aliphatic carbocycles. The average Bonchev–Trinajstić information content (AvgIpc) is 2.75. The molecule has 0 unspecified atom stereocenters. The Balaban J connectivity index is 1.90. The van der Waals surface area contributed by atoms with Gasteiger partial charge in [-0.25, -0.2) is 9.59 Å². The minimum absolute atomic E-state index is 0.0190. The maximum absolute atomic E-state index is 12.5. The number of ether oxygens (including phenoxy) is 2. The summed E-state index contributed by atoms with van der Waals surface area (Å²) < 4.78 is 9.89. The van der Waals surface area contributed by atoms with Crippen molar-refractivity contribution in [1.82, 2.24) is 10.6 Å².